The fraction of sp³-hybridized carbons (Fsp3) is 0.261. The molecule has 29 heavy (non-hydrogen) atoms. The molecule has 1 amide bonds. The van der Waals surface area contributed by atoms with Gasteiger partial charge in [0.1, 0.15) is 11.6 Å². The van der Waals surface area contributed by atoms with E-state index >= 15 is 0 Å². The van der Waals surface area contributed by atoms with Crippen molar-refractivity contribution >= 4 is 22.8 Å². The van der Waals surface area contributed by atoms with Crippen LogP contribution in [0, 0.1) is 5.92 Å². The first kappa shape index (κ1) is 20.3. The Hall–Kier alpha value is -3.41. The number of benzene rings is 2. The van der Waals surface area contributed by atoms with Gasteiger partial charge in [-0.15, -0.1) is 0 Å². The zero-order valence-electron chi connectivity index (χ0n) is 16.6. The molecule has 6 heteroatoms. The average molecular weight is 393 g/mol. The summed E-state index contributed by atoms with van der Waals surface area (Å²) in [6.45, 7) is 3.93. The second kappa shape index (κ2) is 8.73. The maximum Gasteiger partial charge on any atom is 0.344 e. The molecule has 1 N–H and O–H groups in total. The minimum atomic E-state index is -0.709. The van der Waals surface area contributed by atoms with Crippen LogP contribution in [0.4, 0.5) is 0 Å². The van der Waals surface area contributed by atoms with Gasteiger partial charge in [-0.3, -0.25) is 4.79 Å². The Balaban J connectivity index is 1.82. The Morgan fingerprint density at radius 3 is 2.41 bits per heavy atom. The Morgan fingerprint density at radius 1 is 1.07 bits per heavy atom. The van der Waals surface area contributed by atoms with Crippen molar-refractivity contribution in [3.63, 3.8) is 0 Å². The molecule has 0 saturated carbocycles. The summed E-state index contributed by atoms with van der Waals surface area (Å²) in [6.07, 6.45) is 0.481. The zero-order valence-corrected chi connectivity index (χ0v) is 16.6. The van der Waals surface area contributed by atoms with Crippen molar-refractivity contribution in [3.05, 3.63) is 70.6 Å². The van der Waals surface area contributed by atoms with Gasteiger partial charge in [0.2, 0.25) is 0 Å². The number of nitrogens with one attached hydrogen (secondary N) is 1. The third-order valence-electron chi connectivity index (χ3n) is 4.60. The Bertz CT molecular complexity index is 1080. The number of esters is 1. The van der Waals surface area contributed by atoms with Gasteiger partial charge in [0.25, 0.3) is 5.91 Å². The Morgan fingerprint density at radius 2 is 1.76 bits per heavy atom. The van der Waals surface area contributed by atoms with Crippen LogP contribution < -0.4 is 10.9 Å². The van der Waals surface area contributed by atoms with E-state index < -0.39 is 17.6 Å². The van der Waals surface area contributed by atoms with Crippen molar-refractivity contribution in [3.8, 4) is 11.1 Å². The summed E-state index contributed by atoms with van der Waals surface area (Å²) in [7, 11) is 1.30. The zero-order chi connectivity index (χ0) is 21.0. The normalized spacial score (nSPS) is 12.0. The van der Waals surface area contributed by atoms with Crippen molar-refractivity contribution < 1.29 is 18.7 Å². The number of carbonyl (C=O) groups is 2. The molecule has 0 bridgehead atoms. The molecule has 0 fully saturated rings. The number of rotatable bonds is 6. The van der Waals surface area contributed by atoms with Crippen molar-refractivity contribution in [2.45, 2.75) is 26.3 Å². The largest absolute Gasteiger partial charge is 0.467 e. The molecule has 1 heterocycles. The lowest BCUT2D eigenvalue weighted by molar-refractivity contribution is -0.143. The number of para-hydroxylation sites is 1. The standard InChI is InChI=1S/C23H23NO5/c1-14(2)12-19(23(27)28-3)24-21(25)16-10-8-15(9-11-16)18-13-17-6-4-5-7-20(17)29-22(18)26/h4-11,13-14,19H,12H2,1-3H3,(H,24,25). The lowest BCUT2D eigenvalue weighted by Crippen LogP contribution is -2.42. The van der Waals surface area contributed by atoms with Crippen molar-refractivity contribution in [1.82, 2.24) is 5.32 Å². The van der Waals surface area contributed by atoms with E-state index in [2.05, 4.69) is 5.32 Å². The molecule has 3 aromatic rings. The first-order valence-corrected chi connectivity index (χ1v) is 9.41. The molecular weight excluding hydrogens is 370 g/mol. The van der Waals surface area contributed by atoms with Crippen LogP contribution in [0.2, 0.25) is 0 Å². The molecule has 0 spiro atoms. The number of carbonyl (C=O) groups excluding carboxylic acids is 2. The van der Waals surface area contributed by atoms with Crippen LogP contribution in [-0.2, 0) is 9.53 Å². The van der Waals surface area contributed by atoms with Gasteiger partial charge in [0.15, 0.2) is 0 Å². The summed E-state index contributed by atoms with van der Waals surface area (Å²) in [5, 5.41) is 3.53. The van der Waals surface area contributed by atoms with E-state index in [0.717, 1.165) is 5.39 Å². The SMILES string of the molecule is COC(=O)C(CC(C)C)NC(=O)c1ccc(-c2cc3ccccc3oc2=O)cc1. The van der Waals surface area contributed by atoms with Gasteiger partial charge < -0.3 is 14.5 Å². The van der Waals surface area contributed by atoms with Crippen molar-refractivity contribution in [2.24, 2.45) is 5.92 Å². The van der Waals surface area contributed by atoms with Crippen molar-refractivity contribution in [2.75, 3.05) is 7.11 Å². The highest BCUT2D eigenvalue weighted by atomic mass is 16.5. The van der Waals surface area contributed by atoms with Gasteiger partial charge in [-0.25, -0.2) is 9.59 Å². The predicted molar refractivity (Wildman–Crippen MR) is 111 cm³/mol. The minimum Gasteiger partial charge on any atom is -0.467 e. The fourth-order valence-corrected chi connectivity index (χ4v) is 3.13. The Labute approximate surface area is 168 Å². The van der Waals surface area contributed by atoms with Gasteiger partial charge in [0.05, 0.1) is 12.7 Å². The molecule has 0 aliphatic heterocycles. The highest BCUT2D eigenvalue weighted by Gasteiger charge is 2.23. The quantitative estimate of drug-likeness (QED) is 0.509. The van der Waals surface area contributed by atoms with E-state index in [4.69, 9.17) is 9.15 Å². The van der Waals surface area contributed by atoms with E-state index in [1.807, 2.05) is 26.0 Å². The smallest absolute Gasteiger partial charge is 0.344 e. The second-order valence-corrected chi connectivity index (χ2v) is 7.24. The molecule has 0 aliphatic rings. The summed E-state index contributed by atoms with van der Waals surface area (Å²) in [5.41, 5.74) is 1.53. The molecule has 0 aliphatic carbocycles. The molecule has 1 atom stereocenters. The van der Waals surface area contributed by atoms with Crippen LogP contribution >= 0.6 is 0 Å². The molecule has 150 valence electrons. The number of hydrogen-bond donors (Lipinski definition) is 1. The third kappa shape index (κ3) is 4.71. The van der Waals surface area contributed by atoms with Crippen LogP contribution in [-0.4, -0.2) is 25.0 Å². The van der Waals surface area contributed by atoms with Gasteiger partial charge in [-0.2, -0.15) is 0 Å². The van der Waals surface area contributed by atoms with E-state index in [1.54, 1.807) is 42.5 Å². The predicted octanol–water partition coefficient (Wildman–Crippen LogP) is 3.78. The monoisotopic (exact) mass is 393 g/mol. The topological polar surface area (TPSA) is 85.6 Å². The lowest BCUT2D eigenvalue weighted by atomic mass is 10.0. The number of ether oxygens (including phenoxy) is 1. The van der Waals surface area contributed by atoms with E-state index in [-0.39, 0.29) is 11.8 Å². The summed E-state index contributed by atoms with van der Waals surface area (Å²) < 4.78 is 10.1. The van der Waals surface area contributed by atoms with Crippen LogP contribution in [0.25, 0.3) is 22.1 Å². The maximum atomic E-state index is 12.5. The van der Waals surface area contributed by atoms with Gasteiger partial charge >= 0.3 is 11.6 Å². The molecule has 0 radical (unpaired) electrons. The first-order valence-electron chi connectivity index (χ1n) is 9.41. The van der Waals surface area contributed by atoms with Crippen LogP contribution in [0.15, 0.2) is 63.8 Å². The van der Waals surface area contributed by atoms with E-state index in [1.165, 1.54) is 7.11 Å². The van der Waals surface area contributed by atoms with Crippen LogP contribution in [0.3, 0.4) is 0 Å². The van der Waals surface area contributed by atoms with Crippen LogP contribution in [0.5, 0.6) is 0 Å². The summed E-state index contributed by atoms with van der Waals surface area (Å²) in [5.74, 6) is -0.635. The number of fused-ring (bicyclic) bond motifs is 1. The Kier molecular flexibility index (Phi) is 6.12. The number of hydrogen-bond acceptors (Lipinski definition) is 5. The lowest BCUT2D eigenvalue weighted by Gasteiger charge is -2.18. The molecular formula is C23H23NO5. The molecule has 1 unspecified atom stereocenters. The second-order valence-electron chi connectivity index (χ2n) is 7.24. The minimum absolute atomic E-state index is 0.217. The van der Waals surface area contributed by atoms with E-state index in [0.29, 0.717) is 28.7 Å². The maximum absolute atomic E-state index is 12.5. The fourth-order valence-electron chi connectivity index (χ4n) is 3.13. The number of methoxy groups -OCH3 is 1. The molecule has 1 aromatic heterocycles. The van der Waals surface area contributed by atoms with E-state index in [9.17, 15) is 14.4 Å². The van der Waals surface area contributed by atoms with Gasteiger partial charge in [-0.1, -0.05) is 44.2 Å². The summed E-state index contributed by atoms with van der Waals surface area (Å²) in [6, 6.07) is 14.9. The van der Waals surface area contributed by atoms with Gasteiger partial charge in [-0.05, 0) is 42.2 Å². The highest BCUT2D eigenvalue weighted by Crippen LogP contribution is 2.21. The number of amides is 1. The summed E-state index contributed by atoms with van der Waals surface area (Å²) in [4.78, 5) is 36.8. The third-order valence-corrected chi connectivity index (χ3v) is 4.60. The summed E-state index contributed by atoms with van der Waals surface area (Å²) >= 11 is 0. The molecule has 0 saturated heterocycles. The molecule has 2 aromatic carbocycles. The molecule has 3 rings (SSSR count). The van der Waals surface area contributed by atoms with Crippen molar-refractivity contribution in [1.29, 1.82) is 0 Å². The van der Waals surface area contributed by atoms with Gasteiger partial charge in [0, 0.05) is 10.9 Å². The highest BCUT2D eigenvalue weighted by molar-refractivity contribution is 5.97. The average Bonchev–Trinajstić information content (AvgIpc) is 2.72. The van der Waals surface area contributed by atoms with Crippen LogP contribution in [0.1, 0.15) is 30.6 Å². The molecule has 6 nitrogen and oxygen atoms in total. The first-order chi connectivity index (χ1) is 13.9.